The van der Waals surface area contributed by atoms with Gasteiger partial charge in [-0.3, -0.25) is 9.36 Å². The van der Waals surface area contributed by atoms with E-state index in [2.05, 4.69) is 9.97 Å². The fourth-order valence-corrected chi connectivity index (χ4v) is 5.58. The molecule has 0 aliphatic heterocycles. The van der Waals surface area contributed by atoms with Crippen LogP contribution >= 0.6 is 35.3 Å². The number of thiazole rings is 1. The van der Waals surface area contributed by atoms with Crippen LogP contribution in [0.25, 0.3) is 27.5 Å². The minimum atomic E-state index is -0.213. The Morgan fingerprint density at radius 2 is 1.91 bits per heavy atom. The van der Waals surface area contributed by atoms with Crippen molar-refractivity contribution < 1.29 is 9.15 Å². The monoisotopic (exact) mass is 508 g/mol. The highest BCUT2D eigenvalue weighted by atomic mass is 32.2. The first-order valence-corrected chi connectivity index (χ1v) is 12.8. The van der Waals surface area contributed by atoms with E-state index >= 15 is 0 Å². The smallest absolute Gasteiger partial charge is 0.271 e. The molecule has 172 valence electrons. The van der Waals surface area contributed by atoms with Gasteiger partial charge >= 0.3 is 0 Å². The molecular weight excluding hydrogens is 488 g/mol. The molecule has 7 nitrogen and oxygen atoms in total. The minimum absolute atomic E-state index is 0.213. The van der Waals surface area contributed by atoms with Crippen LogP contribution in [-0.4, -0.2) is 26.1 Å². The number of hydrogen-bond acceptors (Lipinski definition) is 8. The number of oxazole rings is 1. The lowest BCUT2D eigenvalue weighted by Crippen LogP contribution is -2.09. The van der Waals surface area contributed by atoms with Gasteiger partial charge < -0.3 is 14.1 Å². The Morgan fingerprint density at radius 1 is 1.15 bits per heavy atom. The Hall–Kier alpha value is -3.21. The van der Waals surface area contributed by atoms with Gasteiger partial charge in [0, 0.05) is 17.0 Å². The van der Waals surface area contributed by atoms with Crippen molar-refractivity contribution in [2.75, 3.05) is 6.61 Å². The van der Waals surface area contributed by atoms with Gasteiger partial charge in [-0.2, -0.15) is 0 Å². The topological polar surface area (TPSA) is 85.9 Å². The van der Waals surface area contributed by atoms with E-state index in [0.29, 0.717) is 37.7 Å². The van der Waals surface area contributed by atoms with E-state index in [1.807, 2.05) is 73.0 Å². The van der Waals surface area contributed by atoms with E-state index in [0.717, 1.165) is 28.5 Å². The second-order valence-electron chi connectivity index (χ2n) is 7.33. The highest BCUT2D eigenvalue weighted by Gasteiger charge is 2.16. The zero-order chi connectivity index (χ0) is 23.7. The molecule has 0 aliphatic rings. The van der Waals surface area contributed by atoms with Gasteiger partial charge in [-0.05, 0) is 62.5 Å². The van der Waals surface area contributed by atoms with E-state index in [4.69, 9.17) is 26.4 Å². The van der Waals surface area contributed by atoms with E-state index in [1.54, 1.807) is 0 Å². The number of rotatable bonds is 7. The van der Waals surface area contributed by atoms with Crippen molar-refractivity contribution in [1.29, 1.82) is 0 Å². The summed E-state index contributed by atoms with van der Waals surface area (Å²) in [5.41, 5.74) is 2.87. The van der Waals surface area contributed by atoms with Crippen LogP contribution in [0.3, 0.4) is 0 Å². The SMILES string of the molecule is CCOc1ccc(-n2c(=S)sc3c(=O)[nH]c(SCc4nc(-c5ccccc5)oc4C)nc32)cc1. The molecule has 0 saturated heterocycles. The molecule has 5 aromatic rings. The summed E-state index contributed by atoms with van der Waals surface area (Å²) in [7, 11) is 0. The molecule has 1 N–H and O–H groups in total. The van der Waals surface area contributed by atoms with Gasteiger partial charge in [-0.25, -0.2) is 9.97 Å². The average molecular weight is 509 g/mol. The van der Waals surface area contributed by atoms with Crippen molar-refractivity contribution in [3.8, 4) is 22.9 Å². The van der Waals surface area contributed by atoms with Crippen LogP contribution in [0, 0.1) is 10.9 Å². The molecule has 0 aliphatic carbocycles. The van der Waals surface area contributed by atoms with Crippen LogP contribution in [-0.2, 0) is 5.75 Å². The molecule has 0 radical (unpaired) electrons. The molecule has 5 rings (SSSR count). The summed E-state index contributed by atoms with van der Waals surface area (Å²) < 4.78 is 14.2. The van der Waals surface area contributed by atoms with Crippen molar-refractivity contribution >= 4 is 45.7 Å². The standard InChI is InChI=1S/C24H20N4O3S3/c1-3-30-17-11-9-16(10-12-17)28-20-19(34-24(28)32)21(29)27-23(26-20)33-13-18-14(2)31-22(25-18)15-7-5-4-6-8-15/h4-12H,3,13H2,1-2H3,(H,26,27,29). The van der Waals surface area contributed by atoms with Crippen LogP contribution < -0.4 is 10.3 Å². The number of H-pyrrole nitrogens is 1. The van der Waals surface area contributed by atoms with Gasteiger partial charge in [0.15, 0.2) is 14.8 Å². The summed E-state index contributed by atoms with van der Waals surface area (Å²) in [5.74, 6) is 2.59. The number of fused-ring (bicyclic) bond motifs is 1. The Labute approximate surface area is 208 Å². The van der Waals surface area contributed by atoms with Gasteiger partial charge in [-0.15, -0.1) is 0 Å². The third-order valence-corrected chi connectivity index (χ3v) is 7.33. The number of ether oxygens (including phenoxy) is 1. The number of aromatic nitrogens is 4. The maximum absolute atomic E-state index is 12.8. The van der Waals surface area contributed by atoms with Crippen molar-refractivity contribution in [2.24, 2.45) is 0 Å². The third kappa shape index (κ3) is 4.44. The molecule has 0 atom stereocenters. The fourth-order valence-electron chi connectivity index (χ4n) is 3.45. The molecule has 3 aromatic heterocycles. The highest BCUT2D eigenvalue weighted by molar-refractivity contribution is 7.98. The summed E-state index contributed by atoms with van der Waals surface area (Å²) >= 11 is 8.20. The number of nitrogens with zero attached hydrogens (tertiary/aromatic N) is 3. The first-order chi connectivity index (χ1) is 16.5. The average Bonchev–Trinajstić information content (AvgIpc) is 3.38. The van der Waals surface area contributed by atoms with Crippen LogP contribution in [0.4, 0.5) is 0 Å². The maximum atomic E-state index is 12.8. The maximum Gasteiger partial charge on any atom is 0.271 e. The van der Waals surface area contributed by atoms with E-state index in [-0.39, 0.29) is 5.56 Å². The summed E-state index contributed by atoms with van der Waals surface area (Å²) in [4.78, 5) is 25.0. The molecule has 0 spiro atoms. The third-order valence-electron chi connectivity index (χ3n) is 5.09. The first kappa shape index (κ1) is 22.6. The largest absolute Gasteiger partial charge is 0.494 e. The summed E-state index contributed by atoms with van der Waals surface area (Å²) in [5, 5.41) is 0.494. The lowest BCUT2D eigenvalue weighted by molar-refractivity contribution is 0.340. The molecular formula is C24H20N4O3S3. The Balaban J connectivity index is 1.45. The second-order valence-corrected chi connectivity index (χ2v) is 9.94. The molecule has 0 amide bonds. The van der Waals surface area contributed by atoms with Crippen LogP contribution in [0.15, 0.2) is 69.0 Å². The van der Waals surface area contributed by atoms with Crippen molar-refractivity contribution in [3.05, 3.63) is 80.4 Å². The molecule has 3 heterocycles. The van der Waals surface area contributed by atoms with Gasteiger partial charge in [0.2, 0.25) is 5.89 Å². The molecule has 0 bridgehead atoms. The molecule has 10 heteroatoms. The quantitative estimate of drug-likeness (QED) is 0.160. The highest BCUT2D eigenvalue weighted by Crippen LogP contribution is 2.28. The molecule has 0 unspecified atom stereocenters. The predicted octanol–water partition coefficient (Wildman–Crippen LogP) is 6.16. The van der Waals surface area contributed by atoms with E-state index in [9.17, 15) is 4.79 Å². The number of aryl methyl sites for hydroxylation is 1. The fraction of sp³-hybridized carbons (Fsp3) is 0.167. The summed E-state index contributed by atoms with van der Waals surface area (Å²) in [6.45, 7) is 4.42. The lowest BCUT2D eigenvalue weighted by atomic mass is 10.2. The first-order valence-electron chi connectivity index (χ1n) is 10.6. The zero-order valence-electron chi connectivity index (χ0n) is 18.4. The molecule has 34 heavy (non-hydrogen) atoms. The predicted molar refractivity (Wildman–Crippen MR) is 138 cm³/mol. The number of benzene rings is 2. The van der Waals surface area contributed by atoms with Crippen molar-refractivity contribution in [1.82, 2.24) is 19.5 Å². The van der Waals surface area contributed by atoms with Crippen LogP contribution in [0.2, 0.25) is 0 Å². The Bertz CT molecular complexity index is 1570. The second kappa shape index (κ2) is 9.57. The number of thioether (sulfide) groups is 1. The Morgan fingerprint density at radius 3 is 2.65 bits per heavy atom. The number of nitrogens with one attached hydrogen (secondary N) is 1. The zero-order valence-corrected chi connectivity index (χ0v) is 20.9. The number of hydrogen-bond donors (Lipinski definition) is 1. The van der Waals surface area contributed by atoms with Crippen molar-refractivity contribution in [2.45, 2.75) is 24.8 Å². The van der Waals surface area contributed by atoms with E-state index in [1.165, 1.54) is 23.1 Å². The summed E-state index contributed by atoms with van der Waals surface area (Å²) in [6, 6.07) is 17.3. The van der Waals surface area contributed by atoms with Crippen LogP contribution in [0.5, 0.6) is 5.75 Å². The van der Waals surface area contributed by atoms with Gasteiger partial charge in [0.25, 0.3) is 5.56 Å². The van der Waals surface area contributed by atoms with Gasteiger partial charge in [0.05, 0.1) is 12.3 Å². The van der Waals surface area contributed by atoms with Gasteiger partial charge in [-0.1, -0.05) is 41.3 Å². The molecule has 0 saturated carbocycles. The molecule has 2 aromatic carbocycles. The van der Waals surface area contributed by atoms with Gasteiger partial charge in [0.1, 0.15) is 16.2 Å². The summed E-state index contributed by atoms with van der Waals surface area (Å²) in [6.07, 6.45) is 0. The molecule has 0 fully saturated rings. The van der Waals surface area contributed by atoms with Crippen molar-refractivity contribution in [3.63, 3.8) is 0 Å². The minimum Gasteiger partial charge on any atom is -0.494 e. The lowest BCUT2D eigenvalue weighted by Gasteiger charge is -2.07. The van der Waals surface area contributed by atoms with E-state index < -0.39 is 0 Å². The number of aromatic amines is 1. The van der Waals surface area contributed by atoms with Crippen LogP contribution in [0.1, 0.15) is 18.4 Å². The Kier molecular flexibility index (Phi) is 6.36. The normalized spacial score (nSPS) is 11.2.